The van der Waals surface area contributed by atoms with Gasteiger partial charge in [0, 0.05) is 12.8 Å². The van der Waals surface area contributed by atoms with Crippen molar-refractivity contribution in [2.24, 2.45) is 0 Å². The first kappa shape index (κ1) is 27.9. The molecule has 0 bridgehead atoms. The minimum Gasteiger partial charge on any atom is -0.463 e. The van der Waals surface area contributed by atoms with Crippen LogP contribution < -0.4 is 0 Å². The molecule has 5 heteroatoms. The molecule has 0 aliphatic heterocycles. The van der Waals surface area contributed by atoms with E-state index in [2.05, 4.69) is 13.8 Å². The van der Waals surface area contributed by atoms with E-state index in [0.717, 1.165) is 38.5 Å². The number of aliphatic hydroxyl groups is 1. The van der Waals surface area contributed by atoms with Crippen molar-refractivity contribution in [2.75, 3.05) is 13.2 Å². The number of ether oxygens (including phenoxy) is 2. The third-order valence-electron chi connectivity index (χ3n) is 5.09. The van der Waals surface area contributed by atoms with Gasteiger partial charge in [-0.05, 0) is 12.8 Å². The maximum Gasteiger partial charge on any atom is 0.305 e. The molecule has 0 fully saturated rings. The molecule has 172 valence electrons. The van der Waals surface area contributed by atoms with Crippen LogP contribution in [0.5, 0.6) is 0 Å². The van der Waals surface area contributed by atoms with Gasteiger partial charge in [-0.1, -0.05) is 97.3 Å². The Labute approximate surface area is 178 Å². The Morgan fingerprint density at radius 3 is 1.24 bits per heavy atom. The highest BCUT2D eigenvalue weighted by atomic mass is 16.6. The molecule has 0 amide bonds. The summed E-state index contributed by atoms with van der Waals surface area (Å²) in [5, 5.41) is 9.78. The van der Waals surface area contributed by atoms with Crippen molar-refractivity contribution < 1.29 is 24.2 Å². The van der Waals surface area contributed by atoms with Crippen molar-refractivity contribution in [3.63, 3.8) is 0 Å². The smallest absolute Gasteiger partial charge is 0.305 e. The minimum atomic E-state index is -0.948. The molecule has 0 unspecified atom stereocenters. The van der Waals surface area contributed by atoms with Crippen molar-refractivity contribution in [3.8, 4) is 0 Å². The first-order chi connectivity index (χ1) is 14.1. The summed E-state index contributed by atoms with van der Waals surface area (Å²) in [6.07, 6.45) is 17.4. The zero-order valence-corrected chi connectivity index (χ0v) is 19.1. The lowest BCUT2D eigenvalue weighted by molar-refractivity contribution is -0.152. The highest BCUT2D eigenvalue weighted by Crippen LogP contribution is 2.11. The SMILES string of the molecule is CCCCCCCCCCCCC(=O)OC[C@H](O)COC(=O)CCCCCCC. The Kier molecular flexibility index (Phi) is 20.8. The maximum atomic E-state index is 11.7. The number of hydrogen-bond donors (Lipinski definition) is 1. The number of aliphatic hydroxyl groups excluding tert-OH is 1. The molecule has 0 aliphatic rings. The van der Waals surface area contributed by atoms with Crippen LogP contribution in [0.25, 0.3) is 0 Å². The molecule has 0 rings (SSSR count). The van der Waals surface area contributed by atoms with Gasteiger partial charge in [-0.3, -0.25) is 9.59 Å². The second-order valence-corrected chi connectivity index (χ2v) is 8.12. The van der Waals surface area contributed by atoms with Gasteiger partial charge in [-0.2, -0.15) is 0 Å². The highest BCUT2D eigenvalue weighted by Gasteiger charge is 2.12. The van der Waals surface area contributed by atoms with Crippen LogP contribution in [-0.2, 0) is 19.1 Å². The predicted molar refractivity (Wildman–Crippen MR) is 118 cm³/mol. The van der Waals surface area contributed by atoms with E-state index in [1.165, 1.54) is 57.8 Å². The van der Waals surface area contributed by atoms with Crippen molar-refractivity contribution in [3.05, 3.63) is 0 Å². The first-order valence-corrected chi connectivity index (χ1v) is 12.1. The van der Waals surface area contributed by atoms with Crippen LogP contribution in [0, 0.1) is 0 Å². The molecular weight excluding hydrogens is 368 g/mol. The summed E-state index contributed by atoms with van der Waals surface area (Å²) in [7, 11) is 0. The van der Waals surface area contributed by atoms with Gasteiger partial charge in [-0.15, -0.1) is 0 Å². The number of rotatable bonds is 21. The fourth-order valence-corrected chi connectivity index (χ4v) is 3.20. The topological polar surface area (TPSA) is 72.8 Å². The molecule has 0 aromatic rings. The lowest BCUT2D eigenvalue weighted by Gasteiger charge is -2.12. The van der Waals surface area contributed by atoms with Crippen molar-refractivity contribution in [2.45, 2.75) is 129 Å². The van der Waals surface area contributed by atoms with E-state index >= 15 is 0 Å². The molecule has 29 heavy (non-hydrogen) atoms. The lowest BCUT2D eigenvalue weighted by atomic mass is 10.1. The zero-order chi connectivity index (χ0) is 21.6. The molecule has 0 radical (unpaired) electrons. The average molecular weight is 415 g/mol. The largest absolute Gasteiger partial charge is 0.463 e. The van der Waals surface area contributed by atoms with Crippen molar-refractivity contribution in [1.29, 1.82) is 0 Å². The van der Waals surface area contributed by atoms with Crippen molar-refractivity contribution >= 4 is 11.9 Å². The zero-order valence-electron chi connectivity index (χ0n) is 19.1. The van der Waals surface area contributed by atoms with Crippen LogP contribution in [0.1, 0.15) is 123 Å². The van der Waals surface area contributed by atoms with E-state index in [-0.39, 0.29) is 25.2 Å². The Morgan fingerprint density at radius 1 is 0.586 bits per heavy atom. The normalized spacial score (nSPS) is 12.0. The minimum absolute atomic E-state index is 0.111. The summed E-state index contributed by atoms with van der Waals surface area (Å²) in [6, 6.07) is 0. The summed E-state index contributed by atoms with van der Waals surface area (Å²) in [6.45, 7) is 4.16. The number of carbonyl (C=O) groups is 2. The van der Waals surface area contributed by atoms with Gasteiger partial charge < -0.3 is 14.6 Å². The van der Waals surface area contributed by atoms with Crippen LogP contribution in [0.3, 0.4) is 0 Å². The summed E-state index contributed by atoms with van der Waals surface area (Å²) in [5.41, 5.74) is 0. The number of unbranched alkanes of at least 4 members (excludes halogenated alkanes) is 13. The highest BCUT2D eigenvalue weighted by molar-refractivity contribution is 5.69. The number of esters is 2. The Hall–Kier alpha value is -1.10. The van der Waals surface area contributed by atoms with E-state index in [0.29, 0.717) is 12.8 Å². The fourth-order valence-electron chi connectivity index (χ4n) is 3.20. The van der Waals surface area contributed by atoms with Gasteiger partial charge in [0.2, 0.25) is 0 Å². The molecule has 1 N–H and O–H groups in total. The Bertz CT molecular complexity index is 383. The second kappa shape index (κ2) is 21.6. The third kappa shape index (κ3) is 21.4. The summed E-state index contributed by atoms with van der Waals surface area (Å²) >= 11 is 0. The van der Waals surface area contributed by atoms with Gasteiger partial charge in [0.05, 0.1) is 0 Å². The second-order valence-electron chi connectivity index (χ2n) is 8.12. The molecule has 0 saturated heterocycles. The van der Waals surface area contributed by atoms with Gasteiger partial charge >= 0.3 is 11.9 Å². The molecule has 0 saturated carbocycles. The predicted octanol–water partition coefficient (Wildman–Crippen LogP) is 6.11. The van der Waals surface area contributed by atoms with Crippen LogP contribution in [0.4, 0.5) is 0 Å². The van der Waals surface area contributed by atoms with Crippen LogP contribution in [0.15, 0.2) is 0 Å². The summed E-state index contributed by atoms with van der Waals surface area (Å²) < 4.78 is 10.1. The summed E-state index contributed by atoms with van der Waals surface area (Å²) in [4.78, 5) is 23.3. The molecule has 0 heterocycles. The lowest BCUT2D eigenvalue weighted by Crippen LogP contribution is -2.25. The molecule has 0 aromatic heterocycles. The third-order valence-corrected chi connectivity index (χ3v) is 5.09. The molecule has 0 aliphatic carbocycles. The van der Waals surface area contributed by atoms with Gasteiger partial charge in [-0.25, -0.2) is 0 Å². The fraction of sp³-hybridized carbons (Fsp3) is 0.917. The molecule has 5 nitrogen and oxygen atoms in total. The van der Waals surface area contributed by atoms with Crippen molar-refractivity contribution in [1.82, 2.24) is 0 Å². The Balaban J connectivity index is 3.45. The summed E-state index contributed by atoms with van der Waals surface area (Å²) in [5.74, 6) is -0.580. The van der Waals surface area contributed by atoms with E-state index in [1.807, 2.05) is 0 Å². The van der Waals surface area contributed by atoms with E-state index < -0.39 is 6.10 Å². The van der Waals surface area contributed by atoms with E-state index in [9.17, 15) is 14.7 Å². The Morgan fingerprint density at radius 2 is 0.897 bits per heavy atom. The average Bonchev–Trinajstić information content (AvgIpc) is 2.72. The standard InChI is InChI=1S/C24H46O5/c1-3-5-7-9-10-11-12-13-15-17-19-24(27)29-21-22(25)20-28-23(26)18-16-14-8-6-4-2/h22,25H,3-21H2,1-2H3/t22-/m1/s1. The maximum absolute atomic E-state index is 11.7. The number of carbonyl (C=O) groups excluding carboxylic acids is 2. The van der Waals surface area contributed by atoms with Crippen LogP contribution in [-0.4, -0.2) is 36.4 Å². The number of hydrogen-bond acceptors (Lipinski definition) is 5. The molecule has 0 spiro atoms. The molecule has 1 atom stereocenters. The molecular formula is C24H46O5. The monoisotopic (exact) mass is 414 g/mol. The molecule has 0 aromatic carbocycles. The van der Waals surface area contributed by atoms with Gasteiger partial charge in [0.1, 0.15) is 19.3 Å². The van der Waals surface area contributed by atoms with E-state index in [1.54, 1.807) is 0 Å². The first-order valence-electron chi connectivity index (χ1n) is 12.1. The van der Waals surface area contributed by atoms with Gasteiger partial charge in [0.15, 0.2) is 0 Å². The quantitative estimate of drug-likeness (QED) is 0.181. The van der Waals surface area contributed by atoms with Gasteiger partial charge in [0.25, 0.3) is 0 Å². The van der Waals surface area contributed by atoms with E-state index in [4.69, 9.17) is 9.47 Å². The van der Waals surface area contributed by atoms with Crippen LogP contribution in [0.2, 0.25) is 0 Å². The van der Waals surface area contributed by atoms with Crippen LogP contribution >= 0.6 is 0 Å².